The fraction of sp³-hybridized carbons (Fsp3) is 0.417. The van der Waals surface area contributed by atoms with E-state index >= 15 is 0 Å². The number of hydrogen-bond acceptors (Lipinski definition) is 3. The molecule has 1 aliphatic heterocycles. The Morgan fingerprint density at radius 1 is 1.18 bits per heavy atom. The van der Waals surface area contributed by atoms with E-state index in [9.17, 15) is 4.79 Å². The van der Waals surface area contributed by atoms with Crippen molar-refractivity contribution in [2.24, 2.45) is 0 Å². The van der Waals surface area contributed by atoms with Crippen molar-refractivity contribution in [2.45, 2.75) is 0 Å². The Morgan fingerprint density at radius 2 is 1.76 bits per heavy atom. The van der Waals surface area contributed by atoms with Gasteiger partial charge in [-0.15, -0.1) is 0 Å². The Bertz CT molecular complexity index is 397. The van der Waals surface area contributed by atoms with Gasteiger partial charge in [-0.3, -0.25) is 9.69 Å². The lowest BCUT2D eigenvalue weighted by Gasteiger charge is -2.26. The summed E-state index contributed by atoms with van der Waals surface area (Å²) in [5.41, 5.74) is 0.584. The molecule has 0 bridgehead atoms. The molecular formula is C12H14Cl2N2O. The predicted molar refractivity (Wildman–Crippen MR) is 70.1 cm³/mol. The molecule has 1 aromatic rings. The van der Waals surface area contributed by atoms with Crippen molar-refractivity contribution in [3.63, 3.8) is 0 Å². The van der Waals surface area contributed by atoms with Crippen LogP contribution in [0.5, 0.6) is 0 Å². The second-order valence-electron chi connectivity index (χ2n) is 4.11. The molecule has 1 aliphatic rings. The Hall–Kier alpha value is -0.610. The Balaban J connectivity index is 2.03. The molecule has 1 aromatic carbocycles. The van der Waals surface area contributed by atoms with Crippen LogP contribution in [-0.2, 0) is 0 Å². The van der Waals surface area contributed by atoms with Gasteiger partial charge in [0.2, 0.25) is 0 Å². The van der Waals surface area contributed by atoms with Crippen LogP contribution in [-0.4, -0.2) is 43.4 Å². The minimum atomic E-state index is 0.0660. The number of rotatable bonds is 3. The van der Waals surface area contributed by atoms with Crippen LogP contribution in [0.3, 0.4) is 0 Å². The normalized spacial score (nSPS) is 17.1. The summed E-state index contributed by atoms with van der Waals surface area (Å²) in [5.74, 6) is 0.0660. The van der Waals surface area contributed by atoms with E-state index in [-0.39, 0.29) is 5.78 Å². The molecule has 0 spiro atoms. The zero-order valence-corrected chi connectivity index (χ0v) is 10.9. The molecule has 0 radical (unpaired) electrons. The van der Waals surface area contributed by atoms with E-state index in [0.717, 1.165) is 26.2 Å². The summed E-state index contributed by atoms with van der Waals surface area (Å²) in [4.78, 5) is 14.2. The number of Topliss-reactive ketones (excluding diaryl/α,β-unsaturated/α-hetero) is 1. The summed E-state index contributed by atoms with van der Waals surface area (Å²) >= 11 is 11.8. The number of carbonyl (C=O) groups excluding carboxylic acids is 1. The molecule has 1 saturated heterocycles. The van der Waals surface area contributed by atoms with E-state index in [1.165, 1.54) is 0 Å². The first-order chi connectivity index (χ1) is 8.15. The van der Waals surface area contributed by atoms with Crippen molar-refractivity contribution in [1.82, 2.24) is 10.2 Å². The first-order valence-corrected chi connectivity index (χ1v) is 6.33. The number of piperazine rings is 1. The fourth-order valence-corrected chi connectivity index (χ4v) is 2.40. The molecule has 92 valence electrons. The number of halogens is 2. The quantitative estimate of drug-likeness (QED) is 0.856. The lowest BCUT2D eigenvalue weighted by atomic mass is 10.1. The maximum atomic E-state index is 12.0. The summed E-state index contributed by atoms with van der Waals surface area (Å²) in [6.45, 7) is 4.10. The number of nitrogens with zero attached hydrogens (tertiary/aromatic N) is 1. The summed E-state index contributed by atoms with van der Waals surface area (Å²) in [6.07, 6.45) is 0. The average Bonchev–Trinajstić information content (AvgIpc) is 2.29. The van der Waals surface area contributed by atoms with Gasteiger partial charge in [0.15, 0.2) is 5.78 Å². The summed E-state index contributed by atoms with van der Waals surface area (Å²) in [5, 5.41) is 4.25. The van der Waals surface area contributed by atoms with Gasteiger partial charge in [0.05, 0.1) is 6.54 Å². The molecule has 1 N–H and O–H groups in total. The van der Waals surface area contributed by atoms with Crippen molar-refractivity contribution in [3.8, 4) is 0 Å². The zero-order chi connectivity index (χ0) is 12.3. The minimum Gasteiger partial charge on any atom is -0.314 e. The molecule has 1 fully saturated rings. The lowest BCUT2D eigenvalue weighted by Crippen LogP contribution is -2.45. The number of carbonyl (C=O) groups is 1. The van der Waals surface area contributed by atoms with Crippen LogP contribution in [0.25, 0.3) is 0 Å². The third-order valence-corrected chi connectivity index (χ3v) is 3.20. The highest BCUT2D eigenvalue weighted by Crippen LogP contribution is 2.19. The summed E-state index contributed by atoms with van der Waals surface area (Å²) in [6, 6.07) is 4.96. The molecule has 2 rings (SSSR count). The maximum absolute atomic E-state index is 12.0. The van der Waals surface area contributed by atoms with Crippen LogP contribution in [0, 0.1) is 0 Å². The first-order valence-electron chi connectivity index (χ1n) is 5.57. The van der Waals surface area contributed by atoms with Crippen molar-refractivity contribution in [2.75, 3.05) is 32.7 Å². The smallest absolute Gasteiger partial charge is 0.176 e. The van der Waals surface area contributed by atoms with Gasteiger partial charge in [0.25, 0.3) is 0 Å². The van der Waals surface area contributed by atoms with E-state index < -0.39 is 0 Å². The van der Waals surface area contributed by atoms with E-state index in [0.29, 0.717) is 22.2 Å². The Morgan fingerprint density at radius 3 is 2.35 bits per heavy atom. The standard InChI is InChI=1S/C12H14Cl2N2O/c13-10-5-9(6-11(14)7-10)12(17)8-16-3-1-15-2-4-16/h5-7,15H,1-4,8H2. The van der Waals surface area contributed by atoms with Crippen LogP contribution in [0.1, 0.15) is 10.4 Å². The molecular weight excluding hydrogens is 259 g/mol. The third kappa shape index (κ3) is 3.68. The first kappa shape index (κ1) is 12.8. The van der Waals surface area contributed by atoms with Crippen molar-refractivity contribution in [1.29, 1.82) is 0 Å². The summed E-state index contributed by atoms with van der Waals surface area (Å²) in [7, 11) is 0. The van der Waals surface area contributed by atoms with Gasteiger partial charge in [-0.25, -0.2) is 0 Å². The molecule has 0 saturated carbocycles. The van der Waals surface area contributed by atoms with Crippen LogP contribution >= 0.6 is 23.2 Å². The van der Waals surface area contributed by atoms with Gasteiger partial charge in [-0.1, -0.05) is 23.2 Å². The van der Waals surface area contributed by atoms with Gasteiger partial charge in [-0.05, 0) is 18.2 Å². The maximum Gasteiger partial charge on any atom is 0.176 e. The molecule has 0 aromatic heterocycles. The molecule has 5 heteroatoms. The Kier molecular flexibility index (Phi) is 4.40. The van der Waals surface area contributed by atoms with Crippen molar-refractivity contribution < 1.29 is 4.79 Å². The second-order valence-corrected chi connectivity index (χ2v) is 4.98. The summed E-state index contributed by atoms with van der Waals surface area (Å²) < 4.78 is 0. The number of ketones is 1. The molecule has 0 amide bonds. The molecule has 17 heavy (non-hydrogen) atoms. The highest BCUT2D eigenvalue weighted by molar-refractivity contribution is 6.35. The van der Waals surface area contributed by atoms with Gasteiger partial charge in [0, 0.05) is 41.8 Å². The van der Waals surface area contributed by atoms with Crippen LogP contribution in [0.4, 0.5) is 0 Å². The largest absolute Gasteiger partial charge is 0.314 e. The fourth-order valence-electron chi connectivity index (χ4n) is 1.88. The molecule has 0 aliphatic carbocycles. The van der Waals surface area contributed by atoms with Gasteiger partial charge in [0.1, 0.15) is 0 Å². The minimum absolute atomic E-state index is 0.0660. The van der Waals surface area contributed by atoms with Crippen LogP contribution in [0.2, 0.25) is 10.0 Å². The van der Waals surface area contributed by atoms with Crippen LogP contribution < -0.4 is 5.32 Å². The second kappa shape index (κ2) is 5.83. The van der Waals surface area contributed by atoms with E-state index in [1.807, 2.05) is 0 Å². The average molecular weight is 273 g/mol. The van der Waals surface area contributed by atoms with Crippen molar-refractivity contribution >= 4 is 29.0 Å². The molecule has 0 atom stereocenters. The zero-order valence-electron chi connectivity index (χ0n) is 9.38. The highest BCUT2D eigenvalue weighted by atomic mass is 35.5. The van der Waals surface area contributed by atoms with Gasteiger partial charge < -0.3 is 5.32 Å². The highest BCUT2D eigenvalue weighted by Gasteiger charge is 2.15. The van der Waals surface area contributed by atoms with Crippen molar-refractivity contribution in [3.05, 3.63) is 33.8 Å². The topological polar surface area (TPSA) is 32.3 Å². The monoisotopic (exact) mass is 272 g/mol. The van der Waals surface area contributed by atoms with E-state index in [1.54, 1.807) is 18.2 Å². The molecule has 0 unspecified atom stereocenters. The third-order valence-electron chi connectivity index (χ3n) is 2.76. The number of benzene rings is 1. The van der Waals surface area contributed by atoms with E-state index in [4.69, 9.17) is 23.2 Å². The van der Waals surface area contributed by atoms with Gasteiger partial charge >= 0.3 is 0 Å². The lowest BCUT2D eigenvalue weighted by molar-refractivity contribution is 0.0921. The van der Waals surface area contributed by atoms with E-state index in [2.05, 4.69) is 10.2 Å². The van der Waals surface area contributed by atoms with Crippen LogP contribution in [0.15, 0.2) is 18.2 Å². The molecule has 1 heterocycles. The molecule has 3 nitrogen and oxygen atoms in total. The number of nitrogens with one attached hydrogen (secondary N) is 1. The number of hydrogen-bond donors (Lipinski definition) is 1. The predicted octanol–water partition coefficient (Wildman–Crippen LogP) is 2.08. The Labute approximate surface area is 111 Å². The van der Waals surface area contributed by atoms with Gasteiger partial charge in [-0.2, -0.15) is 0 Å². The SMILES string of the molecule is O=C(CN1CCNCC1)c1cc(Cl)cc(Cl)c1.